The first-order chi connectivity index (χ1) is 9.77. The molecule has 0 aromatic heterocycles. The van der Waals surface area contributed by atoms with Gasteiger partial charge >= 0.3 is 0 Å². The predicted octanol–water partition coefficient (Wildman–Crippen LogP) is 6.12. The van der Waals surface area contributed by atoms with Gasteiger partial charge in [0, 0.05) is 16.8 Å². The summed E-state index contributed by atoms with van der Waals surface area (Å²) in [7, 11) is 0. The second kappa shape index (κ2) is 6.11. The quantitative estimate of drug-likeness (QED) is 0.720. The maximum atomic E-state index is 6.00. The Labute approximate surface area is 133 Å². The maximum Gasteiger partial charge on any atom is 0.0485 e. The van der Waals surface area contributed by atoms with Crippen LogP contribution < -0.4 is 5.32 Å². The highest BCUT2D eigenvalue weighted by atomic mass is 35.5. The van der Waals surface area contributed by atoms with Crippen LogP contribution in [0.3, 0.4) is 0 Å². The molecular weight excluding hydrogens is 278 g/mol. The van der Waals surface area contributed by atoms with Crippen LogP contribution in [0.25, 0.3) is 0 Å². The van der Waals surface area contributed by atoms with Gasteiger partial charge in [-0.25, -0.2) is 0 Å². The number of anilines is 1. The fourth-order valence-electron chi connectivity index (χ4n) is 2.38. The Bertz CT molecular complexity index is 608. The fraction of sp³-hybridized carbons (Fsp3) is 0.368. The van der Waals surface area contributed by atoms with E-state index in [0.29, 0.717) is 0 Å². The van der Waals surface area contributed by atoms with Gasteiger partial charge in [0.2, 0.25) is 0 Å². The molecule has 2 heteroatoms. The Balaban J connectivity index is 2.15. The summed E-state index contributed by atoms with van der Waals surface area (Å²) in [6.07, 6.45) is 0. The van der Waals surface area contributed by atoms with E-state index in [1.54, 1.807) is 0 Å². The van der Waals surface area contributed by atoms with Gasteiger partial charge in [-0.1, -0.05) is 56.6 Å². The van der Waals surface area contributed by atoms with Crippen LogP contribution in [0.15, 0.2) is 42.5 Å². The molecule has 21 heavy (non-hydrogen) atoms. The van der Waals surface area contributed by atoms with E-state index < -0.39 is 0 Å². The van der Waals surface area contributed by atoms with Crippen LogP contribution in [-0.2, 0) is 5.41 Å². The summed E-state index contributed by atoms with van der Waals surface area (Å²) >= 11 is 6.00. The van der Waals surface area contributed by atoms with E-state index in [1.165, 1.54) is 16.7 Å². The molecule has 0 saturated heterocycles. The van der Waals surface area contributed by atoms with E-state index in [2.05, 4.69) is 64.2 Å². The molecule has 1 N–H and O–H groups in total. The third-order valence-corrected chi connectivity index (χ3v) is 4.07. The number of benzene rings is 2. The summed E-state index contributed by atoms with van der Waals surface area (Å²) < 4.78 is 0. The molecule has 0 aliphatic heterocycles. The molecule has 0 aliphatic carbocycles. The number of rotatable bonds is 3. The summed E-state index contributed by atoms with van der Waals surface area (Å²) in [6.45, 7) is 11.0. The van der Waals surface area contributed by atoms with Crippen LogP contribution in [0.1, 0.15) is 50.4 Å². The Hall–Kier alpha value is -1.47. The molecule has 0 heterocycles. The first-order valence-corrected chi connectivity index (χ1v) is 7.78. The van der Waals surface area contributed by atoms with Crippen molar-refractivity contribution in [1.29, 1.82) is 0 Å². The number of hydrogen-bond donors (Lipinski definition) is 1. The molecule has 0 bridgehead atoms. The van der Waals surface area contributed by atoms with Crippen molar-refractivity contribution in [3.8, 4) is 0 Å². The Morgan fingerprint density at radius 1 is 1.00 bits per heavy atom. The third-order valence-electron chi connectivity index (χ3n) is 3.84. The minimum absolute atomic E-state index is 0.196. The highest BCUT2D eigenvalue weighted by Crippen LogP contribution is 2.27. The zero-order valence-electron chi connectivity index (χ0n) is 13.5. The molecule has 1 atom stereocenters. The van der Waals surface area contributed by atoms with E-state index in [9.17, 15) is 0 Å². The molecule has 0 amide bonds. The van der Waals surface area contributed by atoms with Gasteiger partial charge in [0.25, 0.3) is 0 Å². The molecule has 0 spiro atoms. The number of hydrogen-bond acceptors (Lipinski definition) is 1. The van der Waals surface area contributed by atoms with Crippen molar-refractivity contribution < 1.29 is 0 Å². The maximum absolute atomic E-state index is 6.00. The van der Waals surface area contributed by atoms with E-state index in [0.717, 1.165) is 10.7 Å². The monoisotopic (exact) mass is 301 g/mol. The van der Waals surface area contributed by atoms with Gasteiger partial charge in [0.05, 0.1) is 0 Å². The molecule has 2 aromatic rings. The predicted molar refractivity (Wildman–Crippen MR) is 93.4 cm³/mol. The van der Waals surface area contributed by atoms with Crippen molar-refractivity contribution in [2.75, 3.05) is 5.32 Å². The van der Waals surface area contributed by atoms with E-state index >= 15 is 0 Å². The minimum atomic E-state index is 0.196. The van der Waals surface area contributed by atoms with Crippen molar-refractivity contribution in [3.05, 3.63) is 64.2 Å². The number of aryl methyl sites for hydroxylation is 1. The molecule has 2 rings (SSSR count). The molecule has 112 valence electrons. The zero-order chi connectivity index (χ0) is 15.6. The lowest BCUT2D eigenvalue weighted by Gasteiger charge is -2.21. The summed E-state index contributed by atoms with van der Waals surface area (Å²) in [5.41, 5.74) is 5.15. The van der Waals surface area contributed by atoms with Crippen molar-refractivity contribution in [2.24, 2.45) is 0 Å². The number of halogens is 1. The zero-order valence-corrected chi connectivity index (χ0v) is 14.3. The van der Waals surface area contributed by atoms with Crippen molar-refractivity contribution in [1.82, 2.24) is 0 Å². The largest absolute Gasteiger partial charge is 0.378 e. The second-order valence-corrected chi connectivity index (χ2v) is 7.13. The van der Waals surface area contributed by atoms with Crippen molar-refractivity contribution in [3.63, 3.8) is 0 Å². The van der Waals surface area contributed by atoms with Gasteiger partial charge in [-0.05, 0) is 54.2 Å². The lowest BCUT2D eigenvalue weighted by Crippen LogP contribution is -2.12. The summed E-state index contributed by atoms with van der Waals surface area (Å²) in [5.74, 6) is 0. The standard InChI is InChI=1S/C19H24ClN/c1-13-12-17(20)10-11-18(13)21-14(2)15-6-8-16(9-7-15)19(3,4)5/h6-12,14,21H,1-5H3. The van der Waals surface area contributed by atoms with Gasteiger partial charge in [-0.2, -0.15) is 0 Å². The molecule has 0 saturated carbocycles. The highest BCUT2D eigenvalue weighted by molar-refractivity contribution is 6.30. The molecule has 0 aliphatic rings. The molecule has 0 radical (unpaired) electrons. The molecule has 0 fully saturated rings. The number of nitrogens with one attached hydrogen (secondary N) is 1. The normalized spacial score (nSPS) is 13.0. The van der Waals surface area contributed by atoms with Gasteiger partial charge < -0.3 is 5.32 Å². The topological polar surface area (TPSA) is 12.0 Å². The Morgan fingerprint density at radius 2 is 1.62 bits per heavy atom. The molecule has 2 aromatic carbocycles. The average molecular weight is 302 g/mol. The first-order valence-electron chi connectivity index (χ1n) is 7.40. The summed E-state index contributed by atoms with van der Waals surface area (Å²) in [5, 5.41) is 4.33. The van der Waals surface area contributed by atoms with Crippen LogP contribution >= 0.6 is 11.6 Å². The van der Waals surface area contributed by atoms with Crippen LogP contribution in [0.5, 0.6) is 0 Å². The smallest absolute Gasteiger partial charge is 0.0485 e. The lowest BCUT2D eigenvalue weighted by molar-refractivity contribution is 0.589. The van der Waals surface area contributed by atoms with Crippen LogP contribution in [0, 0.1) is 6.92 Å². The Kier molecular flexibility index (Phi) is 4.63. The summed E-state index contributed by atoms with van der Waals surface area (Å²) in [4.78, 5) is 0. The average Bonchev–Trinajstić information content (AvgIpc) is 2.41. The van der Waals surface area contributed by atoms with E-state index in [-0.39, 0.29) is 11.5 Å². The van der Waals surface area contributed by atoms with E-state index in [1.807, 2.05) is 18.2 Å². The van der Waals surface area contributed by atoms with Crippen molar-refractivity contribution in [2.45, 2.75) is 46.1 Å². The van der Waals surface area contributed by atoms with Gasteiger partial charge in [-0.15, -0.1) is 0 Å². The first kappa shape index (κ1) is 15.9. The van der Waals surface area contributed by atoms with Gasteiger partial charge in [0.1, 0.15) is 0 Å². The highest BCUT2D eigenvalue weighted by Gasteiger charge is 2.14. The van der Waals surface area contributed by atoms with Crippen LogP contribution in [0.2, 0.25) is 5.02 Å². The second-order valence-electron chi connectivity index (χ2n) is 6.70. The molecular formula is C19H24ClN. The van der Waals surface area contributed by atoms with Crippen LogP contribution in [0.4, 0.5) is 5.69 Å². The SMILES string of the molecule is Cc1cc(Cl)ccc1NC(C)c1ccc(C(C)(C)C)cc1. The van der Waals surface area contributed by atoms with Gasteiger partial charge in [0.15, 0.2) is 0 Å². The fourth-order valence-corrected chi connectivity index (χ4v) is 2.60. The minimum Gasteiger partial charge on any atom is -0.378 e. The van der Waals surface area contributed by atoms with Crippen LogP contribution in [-0.4, -0.2) is 0 Å². The third kappa shape index (κ3) is 4.01. The lowest BCUT2D eigenvalue weighted by atomic mass is 9.86. The summed E-state index contributed by atoms with van der Waals surface area (Å²) in [6, 6.07) is 15.1. The Morgan fingerprint density at radius 3 is 2.14 bits per heavy atom. The van der Waals surface area contributed by atoms with Gasteiger partial charge in [-0.3, -0.25) is 0 Å². The van der Waals surface area contributed by atoms with Crippen molar-refractivity contribution >= 4 is 17.3 Å². The molecule has 1 unspecified atom stereocenters. The molecule has 1 nitrogen and oxygen atoms in total. The van der Waals surface area contributed by atoms with E-state index in [4.69, 9.17) is 11.6 Å².